The number of hydrogen-bond donors (Lipinski definition) is 0. The van der Waals surface area contributed by atoms with Crippen LogP contribution in [0.2, 0.25) is 5.15 Å². The fraction of sp³-hybridized carbons (Fsp3) is 0.643. The average Bonchev–Trinajstić information content (AvgIpc) is 2.32. The lowest BCUT2D eigenvalue weighted by atomic mass is 9.91. The minimum Gasteiger partial charge on any atom is -0.301 e. The summed E-state index contributed by atoms with van der Waals surface area (Å²) in [4.78, 5) is 6.73. The Morgan fingerprint density at radius 3 is 2.94 bits per heavy atom. The fourth-order valence-electron chi connectivity index (χ4n) is 2.59. The van der Waals surface area contributed by atoms with Crippen molar-refractivity contribution in [3.8, 4) is 0 Å². The zero-order valence-corrected chi connectivity index (χ0v) is 11.5. The van der Waals surface area contributed by atoms with E-state index in [0.717, 1.165) is 12.3 Å². The maximum atomic E-state index is 5.80. The molecule has 0 aromatic carbocycles. The first kappa shape index (κ1) is 12.8. The number of rotatable bonds is 3. The normalized spacial score (nSPS) is 22.0. The maximum absolute atomic E-state index is 5.80. The molecule has 0 saturated carbocycles. The highest BCUT2D eigenvalue weighted by atomic mass is 35.5. The highest BCUT2D eigenvalue weighted by Crippen LogP contribution is 2.22. The van der Waals surface area contributed by atoms with E-state index in [2.05, 4.69) is 29.8 Å². The van der Waals surface area contributed by atoms with E-state index in [9.17, 15) is 0 Å². The molecule has 3 heteroatoms. The quantitative estimate of drug-likeness (QED) is 0.767. The molecular weight excluding hydrogens is 232 g/mol. The smallest absolute Gasteiger partial charge is 0.129 e. The molecule has 0 unspecified atom stereocenters. The molecule has 1 atom stereocenters. The zero-order chi connectivity index (χ0) is 12.3. The summed E-state index contributed by atoms with van der Waals surface area (Å²) in [5.41, 5.74) is 1.31. The highest BCUT2D eigenvalue weighted by Gasteiger charge is 2.21. The van der Waals surface area contributed by atoms with E-state index in [1.54, 1.807) is 0 Å². The van der Waals surface area contributed by atoms with Crippen LogP contribution in [0.5, 0.6) is 0 Å². The molecule has 2 nitrogen and oxygen atoms in total. The second-order valence-electron chi connectivity index (χ2n) is 5.29. The molecule has 0 N–H and O–H groups in total. The Morgan fingerprint density at radius 1 is 1.47 bits per heavy atom. The number of pyridine rings is 1. The van der Waals surface area contributed by atoms with Crippen LogP contribution in [0.3, 0.4) is 0 Å². The molecule has 17 heavy (non-hydrogen) atoms. The Morgan fingerprint density at radius 2 is 2.29 bits per heavy atom. The van der Waals surface area contributed by atoms with E-state index in [4.69, 9.17) is 11.6 Å². The molecule has 0 spiro atoms. The van der Waals surface area contributed by atoms with Gasteiger partial charge in [0.15, 0.2) is 0 Å². The van der Waals surface area contributed by atoms with Gasteiger partial charge in [0, 0.05) is 18.8 Å². The summed E-state index contributed by atoms with van der Waals surface area (Å²) in [5.74, 6) is 0.772. The van der Waals surface area contributed by atoms with Crippen molar-refractivity contribution in [1.82, 2.24) is 9.88 Å². The van der Waals surface area contributed by atoms with Crippen LogP contribution in [0.4, 0.5) is 0 Å². The van der Waals surface area contributed by atoms with Crippen molar-refractivity contribution in [2.24, 2.45) is 5.92 Å². The first-order valence-electron chi connectivity index (χ1n) is 6.49. The molecule has 1 aromatic heterocycles. The molecule has 1 saturated heterocycles. The number of piperidine rings is 1. The second kappa shape index (κ2) is 5.83. The van der Waals surface area contributed by atoms with Gasteiger partial charge in [-0.25, -0.2) is 4.98 Å². The van der Waals surface area contributed by atoms with Gasteiger partial charge < -0.3 is 4.90 Å². The maximum Gasteiger partial charge on any atom is 0.129 e. The van der Waals surface area contributed by atoms with Crippen molar-refractivity contribution < 1.29 is 0 Å². The largest absolute Gasteiger partial charge is 0.301 e. The predicted octanol–water partition coefficient (Wildman–Crippen LogP) is 3.40. The van der Waals surface area contributed by atoms with Crippen LogP contribution in [0.1, 0.15) is 32.3 Å². The average molecular weight is 253 g/mol. The molecular formula is C14H21ClN2. The molecule has 1 aromatic rings. The molecule has 2 rings (SSSR count). The molecule has 0 bridgehead atoms. The van der Waals surface area contributed by atoms with Crippen LogP contribution >= 0.6 is 11.6 Å². The first-order chi connectivity index (χ1) is 8.15. The number of hydrogen-bond acceptors (Lipinski definition) is 2. The number of halogens is 1. The Hall–Kier alpha value is -0.600. The Labute approximate surface area is 109 Å². The van der Waals surface area contributed by atoms with Gasteiger partial charge in [-0.1, -0.05) is 17.7 Å². The van der Waals surface area contributed by atoms with Crippen molar-refractivity contribution in [3.63, 3.8) is 0 Å². The van der Waals surface area contributed by atoms with Gasteiger partial charge in [-0.05, 0) is 57.2 Å². The van der Waals surface area contributed by atoms with Gasteiger partial charge in [-0.2, -0.15) is 0 Å². The van der Waals surface area contributed by atoms with Gasteiger partial charge in [0.1, 0.15) is 5.15 Å². The summed E-state index contributed by atoms with van der Waals surface area (Å²) in [5, 5.41) is 0.584. The lowest BCUT2D eigenvalue weighted by molar-refractivity contribution is 0.139. The van der Waals surface area contributed by atoms with E-state index in [1.165, 1.54) is 31.5 Å². The molecule has 0 amide bonds. The van der Waals surface area contributed by atoms with E-state index in [1.807, 2.05) is 12.3 Å². The third-order valence-corrected chi connectivity index (χ3v) is 3.82. The predicted molar refractivity (Wildman–Crippen MR) is 72.4 cm³/mol. The summed E-state index contributed by atoms with van der Waals surface area (Å²) >= 11 is 5.80. The van der Waals surface area contributed by atoms with Gasteiger partial charge in [0.05, 0.1) is 0 Å². The van der Waals surface area contributed by atoms with Crippen molar-refractivity contribution in [2.45, 2.75) is 39.2 Å². The molecule has 0 radical (unpaired) electrons. The first-order valence-corrected chi connectivity index (χ1v) is 6.87. The third-order valence-electron chi connectivity index (χ3n) is 3.59. The number of nitrogens with zero attached hydrogens (tertiary/aromatic N) is 2. The van der Waals surface area contributed by atoms with E-state index in [0.29, 0.717) is 11.2 Å². The number of aromatic nitrogens is 1. The Kier molecular flexibility index (Phi) is 4.41. The Balaban J connectivity index is 1.92. The van der Waals surface area contributed by atoms with Crippen molar-refractivity contribution in [2.75, 3.05) is 13.1 Å². The van der Waals surface area contributed by atoms with Gasteiger partial charge in [0.2, 0.25) is 0 Å². The molecule has 0 aliphatic carbocycles. The van der Waals surface area contributed by atoms with Crippen molar-refractivity contribution >= 4 is 11.6 Å². The molecule has 2 heterocycles. The van der Waals surface area contributed by atoms with Gasteiger partial charge >= 0.3 is 0 Å². The van der Waals surface area contributed by atoms with Crippen LogP contribution in [-0.4, -0.2) is 29.0 Å². The summed E-state index contributed by atoms with van der Waals surface area (Å²) in [6.45, 7) is 7.05. The molecule has 94 valence electrons. The van der Waals surface area contributed by atoms with E-state index < -0.39 is 0 Å². The van der Waals surface area contributed by atoms with Gasteiger partial charge in [0.25, 0.3) is 0 Å². The van der Waals surface area contributed by atoms with Crippen molar-refractivity contribution in [3.05, 3.63) is 29.0 Å². The fourth-order valence-corrected chi connectivity index (χ4v) is 2.71. The summed E-state index contributed by atoms with van der Waals surface area (Å²) in [7, 11) is 0. The number of likely N-dealkylation sites (tertiary alicyclic amines) is 1. The third kappa shape index (κ3) is 3.68. The lowest BCUT2D eigenvalue weighted by Gasteiger charge is -2.35. The monoisotopic (exact) mass is 252 g/mol. The van der Waals surface area contributed by atoms with Crippen LogP contribution in [0.15, 0.2) is 18.3 Å². The highest BCUT2D eigenvalue weighted by molar-refractivity contribution is 6.29. The van der Waals surface area contributed by atoms with Crippen LogP contribution in [0.25, 0.3) is 0 Å². The van der Waals surface area contributed by atoms with E-state index >= 15 is 0 Å². The standard InChI is InChI=1S/C14H21ClN2/c1-11(2)17-7-3-4-13(10-17)8-12-5-6-14(15)16-9-12/h5-6,9,11,13H,3-4,7-8,10H2,1-2H3/t13-/m0/s1. The van der Waals surface area contributed by atoms with Crippen molar-refractivity contribution in [1.29, 1.82) is 0 Å². The zero-order valence-electron chi connectivity index (χ0n) is 10.7. The summed E-state index contributed by atoms with van der Waals surface area (Å²) in [6, 6.07) is 4.66. The van der Waals surface area contributed by atoms with Crippen LogP contribution in [-0.2, 0) is 6.42 Å². The molecule has 1 aliphatic rings. The minimum absolute atomic E-state index is 0.584. The minimum atomic E-state index is 0.584. The topological polar surface area (TPSA) is 16.1 Å². The Bertz CT molecular complexity index is 348. The van der Waals surface area contributed by atoms with Gasteiger partial charge in [-0.3, -0.25) is 0 Å². The van der Waals surface area contributed by atoms with Gasteiger partial charge in [-0.15, -0.1) is 0 Å². The lowest BCUT2D eigenvalue weighted by Crippen LogP contribution is -2.40. The van der Waals surface area contributed by atoms with Crippen LogP contribution < -0.4 is 0 Å². The SMILES string of the molecule is CC(C)N1CCC[C@@H](Cc2ccc(Cl)nc2)C1. The molecule has 1 fully saturated rings. The van der Waals surface area contributed by atoms with Crippen LogP contribution in [0, 0.1) is 5.92 Å². The second-order valence-corrected chi connectivity index (χ2v) is 5.68. The molecule has 1 aliphatic heterocycles. The summed E-state index contributed by atoms with van der Waals surface area (Å²) in [6.07, 6.45) is 5.71. The summed E-state index contributed by atoms with van der Waals surface area (Å²) < 4.78 is 0. The van der Waals surface area contributed by atoms with E-state index in [-0.39, 0.29) is 0 Å².